The Bertz CT molecular complexity index is 1320. The van der Waals surface area contributed by atoms with Crippen molar-refractivity contribution in [1.82, 2.24) is 24.5 Å². The van der Waals surface area contributed by atoms with Gasteiger partial charge in [0.1, 0.15) is 5.75 Å². The van der Waals surface area contributed by atoms with Gasteiger partial charge in [0.25, 0.3) is 5.88 Å². The lowest BCUT2D eigenvalue weighted by atomic mass is 10.1. The Balaban J connectivity index is 1.81. The van der Waals surface area contributed by atoms with Gasteiger partial charge in [0, 0.05) is 11.8 Å². The summed E-state index contributed by atoms with van der Waals surface area (Å²) in [5.41, 5.74) is 2.52. The predicted molar refractivity (Wildman–Crippen MR) is 116 cm³/mol. The van der Waals surface area contributed by atoms with Crippen LogP contribution in [-0.2, 0) is 4.79 Å². The van der Waals surface area contributed by atoms with E-state index in [2.05, 4.69) is 15.3 Å². The minimum Gasteiger partial charge on any atom is -0.495 e. The Morgan fingerprint density at radius 2 is 1.85 bits per heavy atom. The van der Waals surface area contributed by atoms with Crippen LogP contribution in [0, 0.1) is 6.92 Å². The zero-order chi connectivity index (χ0) is 24.5. The van der Waals surface area contributed by atoms with E-state index < -0.39 is 24.1 Å². The van der Waals surface area contributed by atoms with Gasteiger partial charge in [-0.15, -0.1) is 5.10 Å². The molecule has 0 amide bonds. The summed E-state index contributed by atoms with van der Waals surface area (Å²) < 4.78 is 52.3. The molecule has 0 saturated heterocycles. The molecule has 0 aliphatic carbocycles. The normalized spacial score (nSPS) is 12.4. The number of aromatic nitrogens is 5. The van der Waals surface area contributed by atoms with Crippen molar-refractivity contribution in [3.05, 3.63) is 72.3 Å². The van der Waals surface area contributed by atoms with Gasteiger partial charge in [0.05, 0.1) is 30.9 Å². The summed E-state index contributed by atoms with van der Waals surface area (Å²) in [5.74, 6) is -2.38. The van der Waals surface area contributed by atoms with Gasteiger partial charge in [-0.05, 0) is 31.5 Å². The molecule has 4 aromatic rings. The van der Waals surface area contributed by atoms with Crippen molar-refractivity contribution in [2.24, 2.45) is 0 Å². The SMILES string of the molecule is COc1cc(-c2nnn(C(C)c3ccccc3)c2OC(=O)C(F)(F)F)ccc1-n1cnc(C)c1. The van der Waals surface area contributed by atoms with E-state index in [1.807, 2.05) is 13.0 Å². The Kier molecular flexibility index (Phi) is 6.10. The maximum absolute atomic E-state index is 13.0. The molecule has 1 atom stereocenters. The molecule has 0 bridgehead atoms. The molecule has 8 nitrogen and oxygen atoms in total. The molecule has 11 heteroatoms. The Morgan fingerprint density at radius 1 is 1.12 bits per heavy atom. The number of methoxy groups -OCH3 is 1. The summed E-state index contributed by atoms with van der Waals surface area (Å²) in [7, 11) is 1.46. The van der Waals surface area contributed by atoms with Crippen LogP contribution in [0.25, 0.3) is 16.9 Å². The summed E-state index contributed by atoms with van der Waals surface area (Å²) in [5, 5.41) is 8.05. The second kappa shape index (κ2) is 9.00. The number of aryl methyl sites for hydroxylation is 1. The van der Waals surface area contributed by atoms with E-state index in [9.17, 15) is 18.0 Å². The highest BCUT2D eigenvalue weighted by atomic mass is 19.4. The molecule has 2 aromatic heterocycles. The number of esters is 1. The third kappa shape index (κ3) is 4.49. The van der Waals surface area contributed by atoms with E-state index in [4.69, 9.17) is 9.47 Å². The van der Waals surface area contributed by atoms with E-state index >= 15 is 0 Å². The van der Waals surface area contributed by atoms with Crippen LogP contribution in [0.15, 0.2) is 61.1 Å². The average Bonchev–Trinajstić information content (AvgIpc) is 3.44. The number of hydrogen-bond donors (Lipinski definition) is 0. The van der Waals surface area contributed by atoms with Gasteiger partial charge >= 0.3 is 12.1 Å². The topological polar surface area (TPSA) is 84.1 Å². The summed E-state index contributed by atoms with van der Waals surface area (Å²) in [6.45, 7) is 3.55. The first kappa shape index (κ1) is 23.0. The molecule has 0 aliphatic heterocycles. The van der Waals surface area contributed by atoms with Gasteiger partial charge in [0.2, 0.25) is 0 Å². The molecular weight excluding hydrogens is 451 g/mol. The highest BCUT2D eigenvalue weighted by Crippen LogP contribution is 2.36. The van der Waals surface area contributed by atoms with Crippen LogP contribution in [0.3, 0.4) is 0 Å². The maximum atomic E-state index is 13.0. The zero-order valence-corrected chi connectivity index (χ0v) is 18.4. The molecule has 176 valence electrons. The monoisotopic (exact) mass is 471 g/mol. The Hall–Kier alpha value is -4.15. The molecule has 0 aliphatic rings. The number of ether oxygens (including phenoxy) is 2. The molecule has 0 spiro atoms. The van der Waals surface area contributed by atoms with Crippen LogP contribution in [0.2, 0.25) is 0 Å². The number of rotatable bonds is 6. The lowest BCUT2D eigenvalue weighted by Gasteiger charge is -2.16. The lowest BCUT2D eigenvalue weighted by molar-refractivity contribution is -0.190. The standard InChI is InChI=1S/C23H20F3N5O3/c1-14-12-30(13-27-14)18-10-9-17(11-19(18)33-3)20-21(34-22(32)23(24,25)26)31(29-28-20)15(2)16-7-5-4-6-8-16/h4-13,15H,1-3H3. The number of hydrogen-bond acceptors (Lipinski definition) is 6. The second-order valence-corrected chi connectivity index (χ2v) is 7.47. The van der Waals surface area contributed by atoms with Crippen molar-refractivity contribution in [3.63, 3.8) is 0 Å². The number of carbonyl (C=O) groups excluding carboxylic acids is 1. The van der Waals surface area contributed by atoms with Crippen LogP contribution >= 0.6 is 0 Å². The van der Waals surface area contributed by atoms with Crippen molar-refractivity contribution in [2.75, 3.05) is 7.11 Å². The van der Waals surface area contributed by atoms with Gasteiger partial charge in [-0.1, -0.05) is 41.6 Å². The molecule has 0 fully saturated rings. The third-order valence-electron chi connectivity index (χ3n) is 5.16. The van der Waals surface area contributed by atoms with Crippen LogP contribution in [0.5, 0.6) is 11.6 Å². The molecule has 34 heavy (non-hydrogen) atoms. The van der Waals surface area contributed by atoms with Gasteiger partial charge < -0.3 is 14.0 Å². The van der Waals surface area contributed by atoms with E-state index in [-0.39, 0.29) is 5.69 Å². The van der Waals surface area contributed by atoms with Crippen molar-refractivity contribution in [1.29, 1.82) is 0 Å². The average molecular weight is 471 g/mol. The first-order valence-electron chi connectivity index (χ1n) is 10.2. The van der Waals surface area contributed by atoms with Crippen molar-refractivity contribution >= 4 is 5.97 Å². The van der Waals surface area contributed by atoms with Crippen LogP contribution in [0.4, 0.5) is 13.2 Å². The minimum atomic E-state index is -5.19. The second-order valence-electron chi connectivity index (χ2n) is 7.47. The summed E-state index contributed by atoms with van der Waals surface area (Å²) in [6, 6.07) is 13.3. The van der Waals surface area contributed by atoms with Gasteiger partial charge in [-0.25, -0.2) is 14.5 Å². The number of imidazole rings is 1. The fourth-order valence-electron chi connectivity index (χ4n) is 3.42. The summed E-state index contributed by atoms with van der Waals surface area (Å²) in [6.07, 6.45) is -1.78. The third-order valence-corrected chi connectivity index (χ3v) is 5.16. The minimum absolute atomic E-state index is 0.0351. The number of halogens is 3. The molecule has 2 aromatic carbocycles. The highest BCUT2D eigenvalue weighted by molar-refractivity contribution is 5.80. The predicted octanol–water partition coefficient (Wildman–Crippen LogP) is 4.52. The molecule has 0 N–H and O–H groups in total. The van der Waals surface area contributed by atoms with E-state index in [1.165, 1.54) is 7.11 Å². The first-order valence-corrected chi connectivity index (χ1v) is 10.2. The summed E-state index contributed by atoms with van der Waals surface area (Å²) >= 11 is 0. The molecular formula is C23H20F3N5O3. The zero-order valence-electron chi connectivity index (χ0n) is 18.4. The number of alkyl halides is 3. The van der Waals surface area contributed by atoms with E-state index in [0.717, 1.165) is 15.9 Å². The Labute approximate surface area is 192 Å². The van der Waals surface area contributed by atoms with Crippen molar-refractivity contribution < 1.29 is 27.4 Å². The number of nitrogens with zero attached hydrogens (tertiary/aromatic N) is 5. The molecule has 4 rings (SSSR count). The first-order chi connectivity index (χ1) is 16.2. The molecule has 2 heterocycles. The van der Waals surface area contributed by atoms with Crippen LogP contribution in [-0.4, -0.2) is 43.8 Å². The van der Waals surface area contributed by atoms with Crippen molar-refractivity contribution in [3.8, 4) is 28.6 Å². The smallest absolute Gasteiger partial charge is 0.491 e. The van der Waals surface area contributed by atoms with E-state index in [0.29, 0.717) is 17.0 Å². The maximum Gasteiger partial charge on any atom is 0.491 e. The van der Waals surface area contributed by atoms with E-state index in [1.54, 1.807) is 66.5 Å². The Morgan fingerprint density at radius 3 is 2.47 bits per heavy atom. The molecule has 0 radical (unpaired) electrons. The highest BCUT2D eigenvalue weighted by Gasteiger charge is 2.43. The van der Waals surface area contributed by atoms with Crippen LogP contribution in [0.1, 0.15) is 24.2 Å². The fraction of sp³-hybridized carbons (Fsp3) is 0.217. The fourth-order valence-corrected chi connectivity index (χ4v) is 3.42. The van der Waals surface area contributed by atoms with Gasteiger partial charge in [0.15, 0.2) is 5.69 Å². The van der Waals surface area contributed by atoms with Crippen molar-refractivity contribution in [2.45, 2.75) is 26.1 Å². The number of benzene rings is 2. The van der Waals surface area contributed by atoms with Gasteiger partial charge in [-0.3, -0.25) is 0 Å². The lowest BCUT2D eigenvalue weighted by Crippen LogP contribution is -2.29. The summed E-state index contributed by atoms with van der Waals surface area (Å²) in [4.78, 5) is 15.9. The number of carbonyl (C=O) groups is 1. The van der Waals surface area contributed by atoms with Gasteiger partial charge in [-0.2, -0.15) is 13.2 Å². The molecule has 0 saturated carbocycles. The van der Waals surface area contributed by atoms with Crippen LogP contribution < -0.4 is 9.47 Å². The quantitative estimate of drug-likeness (QED) is 0.385. The molecule has 1 unspecified atom stereocenters. The largest absolute Gasteiger partial charge is 0.495 e.